The fourth-order valence-corrected chi connectivity index (χ4v) is 1.60. The van der Waals surface area contributed by atoms with Gasteiger partial charge in [0, 0.05) is 17.5 Å². The van der Waals surface area contributed by atoms with Gasteiger partial charge in [-0.2, -0.15) is 0 Å². The number of nitrogens with two attached hydrogens (primary N) is 1. The molecule has 0 atom stereocenters. The third kappa shape index (κ3) is 2.35. The Hall–Kier alpha value is -0.830. The van der Waals surface area contributed by atoms with E-state index in [4.69, 9.17) is 5.73 Å². The van der Waals surface area contributed by atoms with Gasteiger partial charge in [0.2, 0.25) is 0 Å². The van der Waals surface area contributed by atoms with Crippen molar-refractivity contribution in [3.63, 3.8) is 0 Å². The van der Waals surface area contributed by atoms with Gasteiger partial charge in [-0.15, -0.1) is 0 Å². The van der Waals surface area contributed by atoms with Crippen LogP contribution >= 0.6 is 0 Å². The summed E-state index contributed by atoms with van der Waals surface area (Å²) in [5.41, 5.74) is 8.06. The Bertz CT molecular complexity index is 294. The summed E-state index contributed by atoms with van der Waals surface area (Å²) in [6, 6.07) is 0. The average molecular weight is 195 g/mol. The second-order valence-electron chi connectivity index (χ2n) is 4.65. The maximum Gasteiger partial charge on any atom is 0.107 e. The lowest BCUT2D eigenvalue weighted by Crippen LogP contribution is -2.14. The first kappa shape index (κ1) is 11.2. The molecule has 3 heteroatoms. The minimum atomic E-state index is 0.120. The summed E-state index contributed by atoms with van der Waals surface area (Å²) < 4.78 is 0. The molecular formula is C11H21N3. The van der Waals surface area contributed by atoms with Crippen molar-refractivity contribution in [2.75, 3.05) is 6.54 Å². The van der Waals surface area contributed by atoms with Crippen molar-refractivity contribution in [1.29, 1.82) is 0 Å². The van der Waals surface area contributed by atoms with Crippen LogP contribution in [-0.2, 0) is 18.3 Å². The van der Waals surface area contributed by atoms with Crippen molar-refractivity contribution < 1.29 is 0 Å². The number of nitrogens with zero attached hydrogens (tertiary/aromatic N) is 1. The number of H-pyrrole nitrogens is 1. The molecule has 0 aliphatic rings. The molecule has 1 aromatic heterocycles. The number of aromatic nitrogens is 2. The zero-order valence-electron chi connectivity index (χ0n) is 9.65. The van der Waals surface area contributed by atoms with Crippen LogP contribution < -0.4 is 5.73 Å². The lowest BCUT2D eigenvalue weighted by molar-refractivity contribution is 0.564. The Balaban J connectivity index is 3.02. The molecule has 0 spiro atoms. The van der Waals surface area contributed by atoms with Crippen molar-refractivity contribution in [1.82, 2.24) is 9.97 Å². The number of aromatic amines is 1. The molecule has 14 heavy (non-hydrogen) atoms. The van der Waals surface area contributed by atoms with Gasteiger partial charge in [0.15, 0.2) is 0 Å². The van der Waals surface area contributed by atoms with Gasteiger partial charge in [0.25, 0.3) is 0 Å². The molecule has 0 saturated carbocycles. The molecule has 1 aromatic rings. The largest absolute Gasteiger partial charge is 0.346 e. The van der Waals surface area contributed by atoms with Crippen LogP contribution in [0.25, 0.3) is 0 Å². The summed E-state index contributed by atoms with van der Waals surface area (Å²) in [5.74, 6) is 1.02. The lowest BCUT2D eigenvalue weighted by Gasteiger charge is -2.16. The smallest absolute Gasteiger partial charge is 0.107 e. The lowest BCUT2D eigenvalue weighted by atomic mass is 9.90. The van der Waals surface area contributed by atoms with Gasteiger partial charge in [-0.05, 0) is 13.0 Å². The molecule has 0 saturated heterocycles. The predicted molar refractivity (Wildman–Crippen MR) is 59.4 cm³/mol. The van der Waals surface area contributed by atoms with Gasteiger partial charge in [-0.3, -0.25) is 0 Å². The van der Waals surface area contributed by atoms with E-state index in [0.29, 0.717) is 6.54 Å². The van der Waals surface area contributed by atoms with Crippen LogP contribution in [0.2, 0.25) is 0 Å². The van der Waals surface area contributed by atoms with E-state index in [-0.39, 0.29) is 5.41 Å². The fraction of sp³-hybridized carbons (Fsp3) is 0.727. The number of rotatable bonds is 3. The zero-order valence-corrected chi connectivity index (χ0v) is 9.65. The van der Waals surface area contributed by atoms with Crippen molar-refractivity contribution >= 4 is 0 Å². The Morgan fingerprint density at radius 1 is 1.36 bits per heavy atom. The molecule has 0 aliphatic heterocycles. The molecule has 80 valence electrons. The first-order valence-electron chi connectivity index (χ1n) is 5.27. The highest BCUT2D eigenvalue weighted by Crippen LogP contribution is 2.24. The summed E-state index contributed by atoms with van der Waals surface area (Å²) in [7, 11) is 0. The third-order valence-electron chi connectivity index (χ3n) is 2.27. The Labute approximate surface area is 86.1 Å². The van der Waals surface area contributed by atoms with Gasteiger partial charge in [-0.25, -0.2) is 4.98 Å². The maximum absolute atomic E-state index is 5.51. The molecule has 0 radical (unpaired) electrons. The monoisotopic (exact) mass is 195 g/mol. The van der Waals surface area contributed by atoms with Crippen molar-refractivity contribution in [3.05, 3.63) is 17.2 Å². The molecule has 1 heterocycles. The maximum atomic E-state index is 5.51. The van der Waals surface area contributed by atoms with E-state index < -0.39 is 0 Å². The van der Waals surface area contributed by atoms with E-state index in [1.165, 1.54) is 11.4 Å². The summed E-state index contributed by atoms with van der Waals surface area (Å²) in [6.07, 6.45) is 1.84. The molecule has 0 fully saturated rings. The van der Waals surface area contributed by atoms with E-state index >= 15 is 0 Å². The minimum absolute atomic E-state index is 0.120. The molecule has 0 unspecified atom stereocenters. The molecule has 3 nitrogen and oxygen atoms in total. The van der Waals surface area contributed by atoms with E-state index in [1.807, 2.05) is 0 Å². The zero-order chi connectivity index (χ0) is 10.8. The van der Waals surface area contributed by atoms with Gasteiger partial charge in [0.1, 0.15) is 5.82 Å². The van der Waals surface area contributed by atoms with Crippen LogP contribution in [-0.4, -0.2) is 16.5 Å². The number of nitrogens with one attached hydrogen (secondary N) is 1. The highest BCUT2D eigenvalue weighted by atomic mass is 14.9. The summed E-state index contributed by atoms with van der Waals surface area (Å²) >= 11 is 0. The topological polar surface area (TPSA) is 54.7 Å². The van der Waals surface area contributed by atoms with Crippen LogP contribution in [0.3, 0.4) is 0 Å². The highest BCUT2D eigenvalue weighted by molar-refractivity contribution is 5.22. The Morgan fingerprint density at radius 3 is 2.36 bits per heavy atom. The Morgan fingerprint density at radius 2 is 2.00 bits per heavy atom. The fourth-order valence-electron chi connectivity index (χ4n) is 1.60. The predicted octanol–water partition coefficient (Wildman–Crippen LogP) is 1.77. The van der Waals surface area contributed by atoms with Crippen molar-refractivity contribution in [2.24, 2.45) is 5.73 Å². The molecule has 1 rings (SSSR count). The van der Waals surface area contributed by atoms with Crippen LogP contribution in [0.15, 0.2) is 0 Å². The third-order valence-corrected chi connectivity index (χ3v) is 2.27. The molecule has 0 aromatic carbocycles. The second kappa shape index (κ2) is 4.13. The minimum Gasteiger partial charge on any atom is -0.346 e. The molecule has 0 aliphatic carbocycles. The van der Waals surface area contributed by atoms with Gasteiger partial charge in [-0.1, -0.05) is 27.7 Å². The normalized spacial score (nSPS) is 12.1. The van der Waals surface area contributed by atoms with Gasteiger partial charge < -0.3 is 10.7 Å². The van der Waals surface area contributed by atoms with E-state index in [0.717, 1.165) is 18.7 Å². The number of hydrogen-bond donors (Lipinski definition) is 2. The van der Waals surface area contributed by atoms with Crippen LogP contribution in [0, 0.1) is 0 Å². The van der Waals surface area contributed by atoms with Crippen molar-refractivity contribution in [2.45, 2.75) is 46.0 Å². The average Bonchev–Trinajstić information content (AvgIpc) is 2.47. The number of imidazole rings is 1. The molecule has 0 amide bonds. The van der Waals surface area contributed by atoms with E-state index in [9.17, 15) is 0 Å². The molecule has 0 bridgehead atoms. The van der Waals surface area contributed by atoms with Crippen molar-refractivity contribution in [3.8, 4) is 0 Å². The highest BCUT2D eigenvalue weighted by Gasteiger charge is 2.21. The first-order chi connectivity index (χ1) is 6.49. The van der Waals surface area contributed by atoms with Gasteiger partial charge in [0.05, 0.1) is 5.69 Å². The van der Waals surface area contributed by atoms with Crippen LogP contribution in [0.4, 0.5) is 0 Å². The van der Waals surface area contributed by atoms with Gasteiger partial charge >= 0.3 is 0 Å². The Kier molecular flexibility index (Phi) is 3.32. The van der Waals surface area contributed by atoms with Crippen LogP contribution in [0.5, 0.6) is 0 Å². The van der Waals surface area contributed by atoms with Crippen LogP contribution in [0.1, 0.15) is 44.9 Å². The first-order valence-corrected chi connectivity index (χ1v) is 5.27. The second-order valence-corrected chi connectivity index (χ2v) is 4.65. The quantitative estimate of drug-likeness (QED) is 0.772. The van der Waals surface area contributed by atoms with E-state index in [1.54, 1.807) is 0 Å². The standard InChI is InChI=1S/C11H21N3/c1-5-8-10(11(2,3)4)14-9(13-8)6-7-12/h5-7,12H2,1-4H3,(H,13,14). The van der Waals surface area contributed by atoms with E-state index in [2.05, 4.69) is 37.7 Å². The summed E-state index contributed by atoms with van der Waals surface area (Å²) in [5, 5.41) is 0. The summed E-state index contributed by atoms with van der Waals surface area (Å²) in [4.78, 5) is 7.95. The SMILES string of the molecule is CCc1[nH]c(CCN)nc1C(C)(C)C. The molecule has 3 N–H and O–H groups in total. The number of hydrogen-bond acceptors (Lipinski definition) is 2. The number of aryl methyl sites for hydroxylation is 1. The molecular weight excluding hydrogens is 174 g/mol. The summed E-state index contributed by atoms with van der Waals surface area (Å²) in [6.45, 7) is 9.37.